The van der Waals surface area contributed by atoms with Crippen LogP contribution in [0.3, 0.4) is 0 Å². The molecule has 2 aromatic heterocycles. The van der Waals surface area contributed by atoms with Gasteiger partial charge in [0, 0.05) is 60.1 Å². The van der Waals surface area contributed by atoms with Crippen molar-refractivity contribution < 1.29 is 9.15 Å². The van der Waals surface area contributed by atoms with Gasteiger partial charge >= 0.3 is 0 Å². The molecule has 2 aliphatic rings. The van der Waals surface area contributed by atoms with E-state index in [1.165, 1.54) is 42.4 Å². The van der Waals surface area contributed by atoms with E-state index in [0.717, 1.165) is 78.7 Å². The Bertz CT molecular complexity index is 3800. The van der Waals surface area contributed by atoms with Crippen LogP contribution in [-0.4, -0.2) is 0 Å². The molecule has 12 aromatic rings. The fourth-order valence-corrected chi connectivity index (χ4v) is 12.2. The number of nitrogens with zero attached hydrogens (tertiary/aromatic N) is 2. The number of ether oxygens (including phenoxy) is 1. The molecule has 0 N–H and O–H groups in total. The van der Waals surface area contributed by atoms with E-state index in [-0.39, 0.29) is 0 Å². The molecular formula is C61H38N2O2S. The van der Waals surface area contributed by atoms with Crippen molar-refractivity contribution in [1.82, 2.24) is 0 Å². The molecule has 0 saturated carbocycles. The van der Waals surface area contributed by atoms with Crippen molar-refractivity contribution in [3.63, 3.8) is 0 Å². The summed E-state index contributed by atoms with van der Waals surface area (Å²) >= 11 is 1.83. The summed E-state index contributed by atoms with van der Waals surface area (Å²) in [6, 6.07) is 83.0. The maximum absolute atomic E-state index is 7.09. The van der Waals surface area contributed by atoms with Gasteiger partial charge in [0.15, 0.2) is 5.58 Å². The maximum Gasteiger partial charge on any atom is 0.159 e. The van der Waals surface area contributed by atoms with Crippen molar-refractivity contribution in [2.45, 2.75) is 5.41 Å². The van der Waals surface area contributed by atoms with E-state index in [4.69, 9.17) is 9.15 Å². The molecule has 5 heteroatoms. The molecule has 0 atom stereocenters. The summed E-state index contributed by atoms with van der Waals surface area (Å²) in [5.74, 6) is 1.71. The third-order valence-corrected chi connectivity index (χ3v) is 14.9. The van der Waals surface area contributed by atoms with E-state index in [2.05, 4.69) is 240 Å². The zero-order valence-corrected chi connectivity index (χ0v) is 36.4. The number of hydrogen-bond acceptors (Lipinski definition) is 5. The van der Waals surface area contributed by atoms with Crippen LogP contribution in [0.2, 0.25) is 0 Å². The highest BCUT2D eigenvalue weighted by Crippen LogP contribution is 2.63. The molecule has 14 rings (SSSR count). The van der Waals surface area contributed by atoms with Gasteiger partial charge in [-0.2, -0.15) is 0 Å². The molecule has 1 spiro atoms. The van der Waals surface area contributed by atoms with Crippen LogP contribution in [0.25, 0.3) is 53.2 Å². The van der Waals surface area contributed by atoms with Crippen molar-refractivity contribution in [2.75, 3.05) is 9.80 Å². The second-order valence-electron chi connectivity index (χ2n) is 17.2. The Morgan fingerprint density at radius 1 is 0.364 bits per heavy atom. The average Bonchev–Trinajstić information content (AvgIpc) is 4.05. The first-order valence-corrected chi connectivity index (χ1v) is 23.2. The second-order valence-corrected chi connectivity index (χ2v) is 18.2. The summed E-state index contributed by atoms with van der Waals surface area (Å²) in [6.45, 7) is 0. The van der Waals surface area contributed by atoms with Crippen LogP contribution in [0, 0.1) is 0 Å². The van der Waals surface area contributed by atoms with Crippen LogP contribution in [0.4, 0.5) is 34.1 Å². The molecule has 1 aliphatic heterocycles. The fourth-order valence-electron chi connectivity index (χ4n) is 11.0. The first kappa shape index (κ1) is 37.0. The number of hydrogen-bond donors (Lipinski definition) is 0. The van der Waals surface area contributed by atoms with Gasteiger partial charge < -0.3 is 19.0 Å². The lowest BCUT2D eigenvalue weighted by atomic mass is 9.66. The SMILES string of the molecule is c1ccc(N(c2ccccc2)c2cc(N(c3ccc4c(c3)C3(c5ccccc5O4)c4ccccc4-c4ccccc43)c3cccc4c3sc3ccccc34)c3oc4ccccc4c3c2)cc1. The Labute approximate surface area is 385 Å². The predicted octanol–water partition coefficient (Wildman–Crippen LogP) is 17.4. The van der Waals surface area contributed by atoms with Crippen molar-refractivity contribution in [3.05, 3.63) is 253 Å². The number of fused-ring (bicyclic) bond motifs is 15. The van der Waals surface area contributed by atoms with E-state index in [0.29, 0.717) is 0 Å². The van der Waals surface area contributed by atoms with E-state index < -0.39 is 5.41 Å². The Morgan fingerprint density at radius 2 is 0.970 bits per heavy atom. The van der Waals surface area contributed by atoms with Gasteiger partial charge in [0.2, 0.25) is 0 Å². The minimum absolute atomic E-state index is 0.642. The lowest BCUT2D eigenvalue weighted by Crippen LogP contribution is -2.32. The van der Waals surface area contributed by atoms with Crippen molar-refractivity contribution >= 4 is 87.6 Å². The van der Waals surface area contributed by atoms with Crippen molar-refractivity contribution in [2.24, 2.45) is 0 Å². The lowest BCUT2D eigenvalue weighted by molar-refractivity contribution is 0.436. The zero-order valence-electron chi connectivity index (χ0n) is 35.6. The topological polar surface area (TPSA) is 28.9 Å². The first-order chi connectivity index (χ1) is 32.7. The van der Waals surface area contributed by atoms with Crippen LogP contribution in [-0.2, 0) is 5.41 Å². The highest BCUT2D eigenvalue weighted by atomic mass is 32.1. The molecule has 0 bridgehead atoms. The zero-order chi connectivity index (χ0) is 43.3. The van der Waals surface area contributed by atoms with E-state index in [9.17, 15) is 0 Å². The molecule has 0 unspecified atom stereocenters. The normalized spacial score (nSPS) is 13.1. The van der Waals surface area contributed by atoms with Crippen LogP contribution >= 0.6 is 11.3 Å². The Hall–Kier alpha value is -8.38. The number of para-hydroxylation sites is 4. The Kier molecular flexibility index (Phi) is 8.03. The first-order valence-electron chi connectivity index (χ1n) is 22.4. The molecule has 3 heterocycles. The van der Waals surface area contributed by atoms with Gasteiger partial charge in [-0.15, -0.1) is 11.3 Å². The van der Waals surface area contributed by atoms with Gasteiger partial charge in [0.1, 0.15) is 17.1 Å². The number of furan rings is 1. The summed E-state index contributed by atoms with van der Waals surface area (Å²) in [6.07, 6.45) is 0. The van der Waals surface area contributed by atoms with Crippen LogP contribution in [0.1, 0.15) is 22.3 Å². The Morgan fingerprint density at radius 3 is 1.73 bits per heavy atom. The molecule has 0 amide bonds. The monoisotopic (exact) mass is 862 g/mol. The number of thiophene rings is 1. The number of anilines is 6. The largest absolute Gasteiger partial charge is 0.457 e. The van der Waals surface area contributed by atoms with Crippen molar-refractivity contribution in [3.8, 4) is 22.6 Å². The second kappa shape index (κ2) is 14.3. The predicted molar refractivity (Wildman–Crippen MR) is 273 cm³/mol. The van der Waals surface area contributed by atoms with Gasteiger partial charge in [-0.05, 0) is 101 Å². The molecular weight excluding hydrogens is 825 g/mol. The molecule has 10 aromatic carbocycles. The summed E-state index contributed by atoms with van der Waals surface area (Å²) in [5.41, 5.74) is 14.3. The lowest BCUT2D eigenvalue weighted by Gasteiger charge is -2.40. The smallest absolute Gasteiger partial charge is 0.159 e. The van der Waals surface area contributed by atoms with Crippen molar-refractivity contribution in [1.29, 1.82) is 0 Å². The summed E-state index contributed by atoms with van der Waals surface area (Å²) in [7, 11) is 0. The third-order valence-electron chi connectivity index (χ3n) is 13.7. The molecule has 66 heavy (non-hydrogen) atoms. The average molecular weight is 863 g/mol. The molecule has 0 radical (unpaired) electrons. The van der Waals surface area contributed by atoms with Gasteiger partial charge in [-0.25, -0.2) is 0 Å². The fraction of sp³-hybridized carbons (Fsp3) is 0.0164. The molecule has 0 fully saturated rings. The van der Waals surface area contributed by atoms with Gasteiger partial charge in [-0.1, -0.05) is 152 Å². The maximum atomic E-state index is 7.09. The summed E-state index contributed by atoms with van der Waals surface area (Å²) in [4.78, 5) is 4.79. The molecule has 0 saturated heterocycles. The van der Waals surface area contributed by atoms with Crippen LogP contribution < -0.4 is 14.5 Å². The van der Waals surface area contributed by atoms with E-state index in [1.807, 2.05) is 11.3 Å². The summed E-state index contributed by atoms with van der Waals surface area (Å²) < 4.78 is 16.5. The Balaban J connectivity index is 1.11. The molecule has 310 valence electrons. The number of benzene rings is 10. The standard InChI is InChI=1S/C61H38N2O2S/c1-3-18-39(19-4-1)62(40-20-5-2-6-21-40)42-36-48-45-24-9-14-31-55(45)65-59(48)54(38-42)63(53-30-17-26-47-46-25-10-16-33-58(46)66-60(47)53)41-34-35-57-52(37-41)61(51-29-13-15-32-56(51)64-57)49-27-11-7-22-43(49)44-23-8-12-28-50(44)61/h1-38H. The van der Waals surface area contributed by atoms with Crippen LogP contribution in [0.15, 0.2) is 235 Å². The van der Waals surface area contributed by atoms with E-state index in [1.54, 1.807) is 0 Å². The van der Waals surface area contributed by atoms with Gasteiger partial charge in [0.25, 0.3) is 0 Å². The minimum Gasteiger partial charge on any atom is -0.457 e. The van der Waals surface area contributed by atoms with E-state index >= 15 is 0 Å². The molecule has 1 aliphatic carbocycles. The molecule has 4 nitrogen and oxygen atoms in total. The summed E-state index contributed by atoms with van der Waals surface area (Å²) in [5, 5.41) is 4.56. The van der Waals surface area contributed by atoms with Gasteiger partial charge in [0.05, 0.1) is 21.5 Å². The van der Waals surface area contributed by atoms with Crippen LogP contribution in [0.5, 0.6) is 11.5 Å². The highest BCUT2D eigenvalue weighted by molar-refractivity contribution is 7.26. The highest BCUT2D eigenvalue weighted by Gasteiger charge is 2.51. The minimum atomic E-state index is -0.642. The number of rotatable bonds is 6. The third kappa shape index (κ3) is 5.26. The quantitative estimate of drug-likeness (QED) is 0.167. The van der Waals surface area contributed by atoms with Gasteiger partial charge in [-0.3, -0.25) is 0 Å².